The van der Waals surface area contributed by atoms with Gasteiger partial charge < -0.3 is 5.32 Å². The SMILES string of the molecule is CNC1CC2CC(C1C(F)F)C2(C)C. The summed E-state index contributed by atoms with van der Waals surface area (Å²) < 4.78 is 25.9. The molecule has 0 spiro atoms. The number of rotatable bonds is 2. The van der Waals surface area contributed by atoms with Crippen molar-refractivity contribution in [2.75, 3.05) is 7.05 Å². The molecule has 3 heteroatoms. The molecule has 14 heavy (non-hydrogen) atoms. The highest BCUT2D eigenvalue weighted by Gasteiger charge is 2.59. The molecule has 1 nitrogen and oxygen atoms in total. The summed E-state index contributed by atoms with van der Waals surface area (Å²) >= 11 is 0. The van der Waals surface area contributed by atoms with Gasteiger partial charge in [0, 0.05) is 12.0 Å². The summed E-state index contributed by atoms with van der Waals surface area (Å²) in [5.41, 5.74) is 0.147. The van der Waals surface area contributed by atoms with Gasteiger partial charge in [0.2, 0.25) is 6.43 Å². The second-order valence-electron chi connectivity index (χ2n) is 5.40. The molecular weight excluding hydrogens is 184 g/mol. The topological polar surface area (TPSA) is 12.0 Å². The highest BCUT2D eigenvalue weighted by molar-refractivity contribution is 5.08. The first-order chi connectivity index (χ1) is 6.48. The molecule has 82 valence electrons. The second kappa shape index (κ2) is 3.16. The first-order valence-corrected chi connectivity index (χ1v) is 5.44. The van der Waals surface area contributed by atoms with Crippen molar-refractivity contribution in [3.8, 4) is 0 Å². The monoisotopic (exact) mass is 203 g/mol. The lowest BCUT2D eigenvalue weighted by Gasteiger charge is -2.62. The minimum atomic E-state index is -2.17. The number of alkyl halides is 2. The lowest BCUT2D eigenvalue weighted by atomic mass is 9.44. The van der Waals surface area contributed by atoms with Crippen molar-refractivity contribution < 1.29 is 8.78 Å². The van der Waals surface area contributed by atoms with Crippen LogP contribution in [0.1, 0.15) is 26.7 Å². The van der Waals surface area contributed by atoms with Crippen LogP contribution in [0.25, 0.3) is 0 Å². The molecule has 0 saturated heterocycles. The predicted molar refractivity (Wildman–Crippen MR) is 52.3 cm³/mol. The van der Waals surface area contributed by atoms with Gasteiger partial charge in [-0.2, -0.15) is 0 Å². The zero-order valence-electron chi connectivity index (χ0n) is 9.06. The van der Waals surface area contributed by atoms with Crippen molar-refractivity contribution in [2.45, 2.75) is 39.2 Å². The summed E-state index contributed by atoms with van der Waals surface area (Å²) in [7, 11) is 1.80. The van der Waals surface area contributed by atoms with Gasteiger partial charge in [-0.05, 0) is 37.1 Å². The van der Waals surface area contributed by atoms with E-state index in [1.807, 2.05) is 0 Å². The summed E-state index contributed by atoms with van der Waals surface area (Å²) in [6.45, 7) is 4.29. The van der Waals surface area contributed by atoms with E-state index in [9.17, 15) is 8.78 Å². The van der Waals surface area contributed by atoms with Gasteiger partial charge in [-0.25, -0.2) is 8.78 Å². The Morgan fingerprint density at radius 2 is 1.93 bits per heavy atom. The molecule has 4 atom stereocenters. The third kappa shape index (κ3) is 1.21. The molecule has 0 aromatic carbocycles. The van der Waals surface area contributed by atoms with Crippen molar-refractivity contribution >= 4 is 0 Å². The average Bonchev–Trinajstić information content (AvgIpc) is 2.16. The Balaban J connectivity index is 2.17. The largest absolute Gasteiger partial charge is 0.316 e. The standard InChI is InChI=1S/C11H19F2N/c1-11(2)6-4-7(11)9(10(12)13)8(5-6)14-3/h6-10,14H,4-5H2,1-3H3. The summed E-state index contributed by atoms with van der Waals surface area (Å²) in [5, 5.41) is 3.05. The van der Waals surface area contributed by atoms with Crippen LogP contribution in [0.5, 0.6) is 0 Å². The van der Waals surface area contributed by atoms with Gasteiger partial charge in [-0.1, -0.05) is 13.8 Å². The Morgan fingerprint density at radius 1 is 1.29 bits per heavy atom. The van der Waals surface area contributed by atoms with Crippen LogP contribution >= 0.6 is 0 Å². The van der Waals surface area contributed by atoms with Crippen LogP contribution < -0.4 is 5.32 Å². The molecule has 0 radical (unpaired) electrons. The van der Waals surface area contributed by atoms with Crippen molar-refractivity contribution in [3.05, 3.63) is 0 Å². The lowest BCUT2D eigenvalue weighted by Crippen LogP contribution is -2.62. The highest BCUT2D eigenvalue weighted by atomic mass is 19.3. The maximum atomic E-state index is 12.9. The van der Waals surface area contributed by atoms with E-state index >= 15 is 0 Å². The third-order valence-corrected chi connectivity index (χ3v) is 4.68. The molecule has 0 aromatic rings. The van der Waals surface area contributed by atoms with E-state index in [-0.39, 0.29) is 17.4 Å². The Morgan fingerprint density at radius 3 is 2.36 bits per heavy atom. The van der Waals surface area contributed by atoms with Crippen LogP contribution in [-0.4, -0.2) is 19.5 Å². The van der Waals surface area contributed by atoms with Crippen molar-refractivity contribution in [2.24, 2.45) is 23.2 Å². The van der Waals surface area contributed by atoms with E-state index < -0.39 is 12.3 Å². The van der Waals surface area contributed by atoms with Crippen LogP contribution in [0.2, 0.25) is 0 Å². The maximum absolute atomic E-state index is 12.9. The van der Waals surface area contributed by atoms with Crippen LogP contribution in [0.15, 0.2) is 0 Å². The molecule has 3 aliphatic carbocycles. The van der Waals surface area contributed by atoms with Crippen molar-refractivity contribution in [3.63, 3.8) is 0 Å². The number of fused-ring (bicyclic) bond motifs is 2. The fraction of sp³-hybridized carbons (Fsp3) is 1.00. The van der Waals surface area contributed by atoms with Gasteiger partial charge in [0.1, 0.15) is 0 Å². The smallest absolute Gasteiger partial charge is 0.243 e. The van der Waals surface area contributed by atoms with Crippen LogP contribution in [0.4, 0.5) is 8.78 Å². The van der Waals surface area contributed by atoms with E-state index in [0.29, 0.717) is 5.92 Å². The van der Waals surface area contributed by atoms with Crippen LogP contribution in [0.3, 0.4) is 0 Å². The minimum absolute atomic E-state index is 0.0341. The van der Waals surface area contributed by atoms with Crippen molar-refractivity contribution in [1.82, 2.24) is 5.32 Å². The molecule has 0 amide bonds. The fourth-order valence-electron chi connectivity index (χ4n) is 3.51. The Kier molecular flexibility index (Phi) is 2.33. The number of hydrogen-bond acceptors (Lipinski definition) is 1. The lowest BCUT2D eigenvalue weighted by molar-refractivity contribution is -0.159. The summed E-state index contributed by atoms with van der Waals surface area (Å²) in [4.78, 5) is 0. The number of halogens is 2. The Labute approximate surface area is 84.3 Å². The van der Waals surface area contributed by atoms with E-state index in [1.165, 1.54) is 0 Å². The zero-order chi connectivity index (χ0) is 10.5. The van der Waals surface area contributed by atoms with Crippen LogP contribution in [-0.2, 0) is 0 Å². The first-order valence-electron chi connectivity index (χ1n) is 5.44. The summed E-state index contributed by atoms with van der Waals surface area (Å²) in [6, 6.07) is 0.0341. The van der Waals surface area contributed by atoms with E-state index in [0.717, 1.165) is 12.8 Å². The van der Waals surface area contributed by atoms with E-state index in [1.54, 1.807) is 7.05 Å². The molecule has 1 N–H and O–H groups in total. The Bertz CT molecular complexity index is 227. The van der Waals surface area contributed by atoms with E-state index in [2.05, 4.69) is 19.2 Å². The van der Waals surface area contributed by atoms with Gasteiger partial charge in [0.05, 0.1) is 0 Å². The van der Waals surface area contributed by atoms with Gasteiger partial charge in [0.25, 0.3) is 0 Å². The third-order valence-electron chi connectivity index (χ3n) is 4.68. The minimum Gasteiger partial charge on any atom is -0.316 e. The second-order valence-corrected chi connectivity index (χ2v) is 5.40. The predicted octanol–water partition coefficient (Wildman–Crippen LogP) is 2.52. The molecule has 2 bridgehead atoms. The van der Waals surface area contributed by atoms with E-state index in [4.69, 9.17) is 0 Å². The Hall–Kier alpha value is -0.180. The average molecular weight is 203 g/mol. The first kappa shape index (κ1) is 10.3. The fourth-order valence-corrected chi connectivity index (χ4v) is 3.51. The van der Waals surface area contributed by atoms with Gasteiger partial charge in [-0.15, -0.1) is 0 Å². The molecular formula is C11H19F2N. The molecule has 0 aromatic heterocycles. The summed E-state index contributed by atoms with van der Waals surface area (Å²) in [6.07, 6.45) is -0.229. The normalized spacial score (nSPS) is 45.0. The number of nitrogens with one attached hydrogen (secondary N) is 1. The number of hydrogen-bond donors (Lipinski definition) is 1. The van der Waals surface area contributed by atoms with Crippen molar-refractivity contribution in [1.29, 1.82) is 0 Å². The van der Waals surface area contributed by atoms with Gasteiger partial charge >= 0.3 is 0 Å². The van der Waals surface area contributed by atoms with Crippen LogP contribution in [0, 0.1) is 23.2 Å². The zero-order valence-corrected chi connectivity index (χ0v) is 9.06. The van der Waals surface area contributed by atoms with Gasteiger partial charge in [0.15, 0.2) is 0 Å². The molecule has 0 heterocycles. The molecule has 3 rings (SSSR count). The molecule has 3 aliphatic rings. The maximum Gasteiger partial charge on any atom is 0.243 e. The molecule has 4 unspecified atom stereocenters. The molecule has 0 aliphatic heterocycles. The van der Waals surface area contributed by atoms with Gasteiger partial charge in [-0.3, -0.25) is 0 Å². The highest BCUT2D eigenvalue weighted by Crippen LogP contribution is 2.62. The molecule has 3 saturated carbocycles. The molecule has 3 fully saturated rings. The summed E-state index contributed by atoms with van der Waals surface area (Å²) in [5.74, 6) is 0.443. The quantitative estimate of drug-likeness (QED) is 0.727.